The van der Waals surface area contributed by atoms with Gasteiger partial charge >= 0.3 is 0 Å². The van der Waals surface area contributed by atoms with E-state index in [0.29, 0.717) is 25.5 Å². The molecule has 1 heterocycles. The van der Waals surface area contributed by atoms with Crippen LogP contribution < -0.4 is 21.7 Å². The predicted octanol–water partition coefficient (Wildman–Crippen LogP) is 4.47. The summed E-state index contributed by atoms with van der Waals surface area (Å²) in [5.41, 5.74) is 7.83. The van der Waals surface area contributed by atoms with Gasteiger partial charge in [0.1, 0.15) is 6.04 Å². The van der Waals surface area contributed by atoms with Crippen LogP contribution in [0, 0.1) is 35.5 Å². The smallest absolute Gasteiger partial charge is 0.243 e. The lowest BCUT2D eigenvalue weighted by molar-refractivity contribution is -0.131. The first-order chi connectivity index (χ1) is 22.4. The van der Waals surface area contributed by atoms with Crippen molar-refractivity contribution in [2.24, 2.45) is 41.2 Å². The number of nitrogens with two attached hydrogens (primary N) is 1. The standard InChI is InChI=1S/C37H61N5O5/c1-22(2)29(28(9-8-16-47-7)27-13-12-26-14-15-39-31(26)17-27)18-32(41-37(46)35(24(5)6)42-34(44)20-38)33(43)19-30(23(3)4)36(45)40-21-25-10-11-25/h12-15,17,22-25,28-30,32-33,35,39,43H,8-11,16,18-21,38H2,1-7H3,(H,40,45)(H,41,46)(H,42,44)/t28?,29-,30-,32-,33-,35-/m0/s1. The van der Waals surface area contributed by atoms with E-state index in [9.17, 15) is 19.5 Å². The first kappa shape index (κ1) is 38.5. The van der Waals surface area contributed by atoms with Crippen LogP contribution in [0.2, 0.25) is 0 Å². The molecule has 1 saturated carbocycles. The molecule has 0 aliphatic heterocycles. The number of fused-ring (bicyclic) bond motifs is 1. The third kappa shape index (κ3) is 11.6. The second-order valence-electron chi connectivity index (χ2n) is 14.7. The van der Waals surface area contributed by atoms with Gasteiger partial charge in [-0.1, -0.05) is 53.7 Å². The molecule has 0 radical (unpaired) electrons. The van der Waals surface area contributed by atoms with E-state index in [1.54, 1.807) is 7.11 Å². The van der Waals surface area contributed by atoms with E-state index in [-0.39, 0.29) is 54.4 Å². The summed E-state index contributed by atoms with van der Waals surface area (Å²) in [4.78, 5) is 42.7. The summed E-state index contributed by atoms with van der Waals surface area (Å²) in [5, 5.41) is 22.1. The fraction of sp³-hybridized carbons (Fsp3) is 0.703. The lowest BCUT2D eigenvalue weighted by Crippen LogP contribution is -2.56. The van der Waals surface area contributed by atoms with Crippen molar-refractivity contribution in [3.8, 4) is 0 Å². The number of aliphatic hydroxyl groups is 1. The van der Waals surface area contributed by atoms with Crippen LogP contribution in [0.3, 0.4) is 0 Å². The number of hydrogen-bond acceptors (Lipinski definition) is 6. The van der Waals surface area contributed by atoms with Crippen LogP contribution >= 0.6 is 0 Å². The van der Waals surface area contributed by atoms with Gasteiger partial charge in [-0.05, 0) is 97.1 Å². The molecule has 3 rings (SSSR count). The highest BCUT2D eigenvalue weighted by molar-refractivity contribution is 5.88. The Morgan fingerprint density at radius 1 is 0.979 bits per heavy atom. The SMILES string of the molecule is COCCCC(c1ccc2cc[nH]c2c1)[C@@H](C[C@H](NC(=O)[C@@H](NC(=O)CN)C(C)C)[C@@H](O)C[C@H](C(=O)NCC1CC1)C(C)C)C(C)C. The van der Waals surface area contributed by atoms with Crippen molar-refractivity contribution in [2.75, 3.05) is 26.8 Å². The summed E-state index contributed by atoms with van der Waals surface area (Å²) in [6.07, 6.45) is 5.69. The third-order valence-electron chi connectivity index (χ3n) is 9.91. The molecule has 3 amide bonds. The minimum absolute atomic E-state index is 0.00247. The van der Waals surface area contributed by atoms with Crippen LogP contribution in [0.15, 0.2) is 30.5 Å². The molecule has 1 aromatic carbocycles. The number of carbonyl (C=O) groups excluding carboxylic acids is 3. The van der Waals surface area contributed by atoms with Gasteiger partial charge in [0.15, 0.2) is 0 Å². The first-order valence-electron chi connectivity index (χ1n) is 17.7. The largest absolute Gasteiger partial charge is 0.391 e. The van der Waals surface area contributed by atoms with E-state index in [2.05, 4.69) is 59.0 Å². The van der Waals surface area contributed by atoms with Gasteiger partial charge in [0.25, 0.3) is 0 Å². The lowest BCUT2D eigenvalue weighted by Gasteiger charge is -2.37. The van der Waals surface area contributed by atoms with Crippen molar-refractivity contribution < 1.29 is 24.2 Å². The quantitative estimate of drug-likeness (QED) is 0.109. The molecule has 6 atom stereocenters. The normalized spacial score (nSPS) is 17.4. The molecule has 10 heteroatoms. The van der Waals surface area contributed by atoms with Gasteiger partial charge in [0.2, 0.25) is 17.7 Å². The third-order valence-corrected chi connectivity index (χ3v) is 9.91. The molecule has 1 fully saturated rings. The minimum Gasteiger partial charge on any atom is -0.391 e. The summed E-state index contributed by atoms with van der Waals surface area (Å²) >= 11 is 0. The highest BCUT2D eigenvalue weighted by Gasteiger charge is 2.37. The molecule has 10 nitrogen and oxygen atoms in total. The van der Waals surface area contributed by atoms with Crippen LogP contribution in [0.5, 0.6) is 0 Å². The van der Waals surface area contributed by atoms with Crippen LogP contribution in [-0.2, 0) is 19.1 Å². The van der Waals surface area contributed by atoms with Gasteiger partial charge < -0.3 is 36.5 Å². The molecule has 0 saturated heterocycles. The maximum atomic E-state index is 13.8. The van der Waals surface area contributed by atoms with Crippen LogP contribution in [0.4, 0.5) is 0 Å². The average molecular weight is 656 g/mol. The summed E-state index contributed by atoms with van der Waals surface area (Å²) in [5.74, 6) is -0.465. The second-order valence-corrected chi connectivity index (χ2v) is 14.7. The Bertz CT molecular complexity index is 1270. The van der Waals surface area contributed by atoms with Gasteiger partial charge in [0, 0.05) is 37.9 Å². The number of aromatic nitrogens is 1. The Labute approximate surface area is 281 Å². The highest BCUT2D eigenvalue weighted by atomic mass is 16.5. The van der Waals surface area contributed by atoms with E-state index >= 15 is 0 Å². The lowest BCUT2D eigenvalue weighted by atomic mass is 9.72. The van der Waals surface area contributed by atoms with E-state index in [4.69, 9.17) is 10.5 Å². The molecule has 1 aromatic heterocycles. The summed E-state index contributed by atoms with van der Waals surface area (Å²) in [6, 6.07) is 7.13. The fourth-order valence-corrected chi connectivity index (χ4v) is 6.72. The van der Waals surface area contributed by atoms with Gasteiger partial charge in [-0.25, -0.2) is 0 Å². The van der Waals surface area contributed by atoms with Crippen molar-refractivity contribution in [1.29, 1.82) is 0 Å². The number of hydrogen-bond donors (Lipinski definition) is 6. The molecule has 264 valence electrons. The molecule has 2 aromatic rings. The topological polar surface area (TPSA) is 159 Å². The average Bonchev–Trinajstić information content (AvgIpc) is 3.75. The number of amides is 3. The molecule has 0 spiro atoms. The van der Waals surface area contributed by atoms with Gasteiger partial charge in [-0.3, -0.25) is 14.4 Å². The first-order valence-corrected chi connectivity index (χ1v) is 17.7. The van der Waals surface area contributed by atoms with E-state index in [0.717, 1.165) is 36.6 Å². The second kappa shape index (κ2) is 18.6. The van der Waals surface area contributed by atoms with Crippen LogP contribution in [0.1, 0.15) is 91.5 Å². The van der Waals surface area contributed by atoms with Gasteiger partial charge in [0.05, 0.1) is 18.7 Å². The molecule has 7 N–H and O–H groups in total. The van der Waals surface area contributed by atoms with E-state index in [1.165, 1.54) is 5.56 Å². The van der Waals surface area contributed by atoms with Crippen molar-refractivity contribution >= 4 is 28.6 Å². The number of ether oxygens (including phenoxy) is 1. The number of H-pyrrole nitrogens is 1. The zero-order valence-electron chi connectivity index (χ0n) is 29.7. The van der Waals surface area contributed by atoms with Gasteiger partial charge in [-0.2, -0.15) is 0 Å². The molecule has 1 unspecified atom stereocenters. The highest BCUT2D eigenvalue weighted by Crippen LogP contribution is 2.39. The maximum absolute atomic E-state index is 13.8. The number of benzene rings is 1. The zero-order chi connectivity index (χ0) is 34.7. The fourth-order valence-electron chi connectivity index (χ4n) is 6.72. The van der Waals surface area contributed by atoms with E-state index in [1.807, 2.05) is 33.9 Å². The Morgan fingerprint density at radius 3 is 2.30 bits per heavy atom. The molecular formula is C37H61N5O5. The Balaban J connectivity index is 1.96. The maximum Gasteiger partial charge on any atom is 0.243 e. The number of rotatable bonds is 21. The molecular weight excluding hydrogens is 594 g/mol. The van der Waals surface area contributed by atoms with Crippen LogP contribution in [-0.4, -0.2) is 72.8 Å². The summed E-state index contributed by atoms with van der Waals surface area (Å²) < 4.78 is 5.43. The number of methoxy groups -OCH3 is 1. The number of carbonyl (C=O) groups is 3. The molecule has 1 aliphatic rings. The zero-order valence-corrected chi connectivity index (χ0v) is 29.7. The van der Waals surface area contributed by atoms with Crippen molar-refractivity contribution in [1.82, 2.24) is 20.9 Å². The number of nitrogens with one attached hydrogen (secondary N) is 4. The molecule has 47 heavy (non-hydrogen) atoms. The van der Waals surface area contributed by atoms with Crippen LogP contribution in [0.25, 0.3) is 10.9 Å². The summed E-state index contributed by atoms with van der Waals surface area (Å²) in [6.45, 7) is 13.2. The Hall–Kier alpha value is -2.95. The predicted molar refractivity (Wildman–Crippen MR) is 188 cm³/mol. The number of aliphatic hydroxyl groups excluding tert-OH is 1. The molecule has 0 bridgehead atoms. The van der Waals surface area contributed by atoms with Gasteiger partial charge in [-0.15, -0.1) is 0 Å². The molecule has 1 aliphatic carbocycles. The minimum atomic E-state index is -0.984. The van der Waals surface area contributed by atoms with Crippen molar-refractivity contribution in [2.45, 2.75) is 104 Å². The monoisotopic (exact) mass is 655 g/mol. The number of aromatic amines is 1. The Morgan fingerprint density at radius 2 is 1.70 bits per heavy atom. The van der Waals surface area contributed by atoms with E-state index < -0.39 is 30.0 Å². The Kier molecular flexibility index (Phi) is 15.2. The summed E-state index contributed by atoms with van der Waals surface area (Å²) in [7, 11) is 1.71. The van der Waals surface area contributed by atoms with Crippen molar-refractivity contribution in [3.05, 3.63) is 36.0 Å². The van der Waals surface area contributed by atoms with Crippen molar-refractivity contribution in [3.63, 3.8) is 0 Å².